The van der Waals surface area contributed by atoms with E-state index in [1.165, 1.54) is 0 Å². The SMILES string of the molecule is COc1cccc(OCc2ccc(C(=O)NCc3cc(C)n(C)n3)o2)c1. The van der Waals surface area contributed by atoms with Crippen molar-refractivity contribution in [2.75, 3.05) is 7.11 Å². The minimum absolute atomic E-state index is 0.222. The fourth-order valence-electron chi connectivity index (χ4n) is 2.40. The van der Waals surface area contributed by atoms with Crippen LogP contribution in [0.1, 0.15) is 27.7 Å². The molecule has 1 aromatic carbocycles. The second kappa shape index (κ2) is 7.77. The highest BCUT2D eigenvalue weighted by atomic mass is 16.5. The summed E-state index contributed by atoms with van der Waals surface area (Å²) in [5, 5.41) is 7.09. The topological polar surface area (TPSA) is 78.5 Å². The summed E-state index contributed by atoms with van der Waals surface area (Å²) in [6, 6.07) is 12.6. The van der Waals surface area contributed by atoms with E-state index < -0.39 is 0 Å². The molecule has 7 heteroatoms. The molecule has 2 heterocycles. The number of furan rings is 1. The van der Waals surface area contributed by atoms with Crippen LogP contribution in [0, 0.1) is 6.92 Å². The maximum Gasteiger partial charge on any atom is 0.287 e. The fraction of sp³-hybridized carbons (Fsp3) is 0.263. The molecule has 26 heavy (non-hydrogen) atoms. The lowest BCUT2D eigenvalue weighted by Crippen LogP contribution is -2.22. The molecule has 0 aliphatic heterocycles. The van der Waals surface area contributed by atoms with Gasteiger partial charge in [-0.1, -0.05) is 6.07 Å². The molecule has 1 amide bonds. The zero-order chi connectivity index (χ0) is 18.5. The van der Waals surface area contributed by atoms with E-state index in [-0.39, 0.29) is 18.3 Å². The average molecular weight is 355 g/mol. The molecule has 2 aromatic heterocycles. The molecule has 0 radical (unpaired) electrons. The number of nitrogens with zero attached hydrogens (tertiary/aromatic N) is 2. The van der Waals surface area contributed by atoms with Crippen molar-refractivity contribution in [1.82, 2.24) is 15.1 Å². The number of aryl methyl sites for hydroxylation is 2. The third kappa shape index (κ3) is 4.24. The Kier molecular flexibility index (Phi) is 5.26. The second-order valence-corrected chi connectivity index (χ2v) is 5.82. The molecule has 1 N–H and O–H groups in total. The summed E-state index contributed by atoms with van der Waals surface area (Å²) in [6.07, 6.45) is 0. The number of ether oxygens (including phenoxy) is 2. The number of carbonyl (C=O) groups is 1. The Labute approximate surface area is 151 Å². The second-order valence-electron chi connectivity index (χ2n) is 5.82. The van der Waals surface area contributed by atoms with Gasteiger partial charge in [0.1, 0.15) is 23.9 Å². The first-order valence-corrected chi connectivity index (χ1v) is 8.18. The van der Waals surface area contributed by atoms with Gasteiger partial charge in [0.2, 0.25) is 0 Å². The van der Waals surface area contributed by atoms with E-state index >= 15 is 0 Å². The zero-order valence-corrected chi connectivity index (χ0v) is 15.0. The Morgan fingerprint density at radius 2 is 2.04 bits per heavy atom. The molecule has 136 valence electrons. The molecular weight excluding hydrogens is 334 g/mol. The van der Waals surface area contributed by atoms with E-state index in [0.29, 0.717) is 23.8 Å². The number of amides is 1. The van der Waals surface area contributed by atoms with Crippen LogP contribution in [0.5, 0.6) is 11.5 Å². The van der Waals surface area contributed by atoms with Crippen LogP contribution < -0.4 is 14.8 Å². The van der Waals surface area contributed by atoms with Crippen molar-refractivity contribution in [2.24, 2.45) is 7.05 Å². The van der Waals surface area contributed by atoms with Crippen LogP contribution in [0.15, 0.2) is 46.9 Å². The summed E-state index contributed by atoms with van der Waals surface area (Å²) in [4.78, 5) is 12.2. The molecule has 0 unspecified atom stereocenters. The first-order chi connectivity index (χ1) is 12.5. The zero-order valence-electron chi connectivity index (χ0n) is 15.0. The quantitative estimate of drug-likeness (QED) is 0.705. The predicted octanol–water partition coefficient (Wildman–Crippen LogP) is 2.84. The van der Waals surface area contributed by atoms with Gasteiger partial charge in [-0.05, 0) is 37.3 Å². The van der Waals surface area contributed by atoms with Crippen LogP contribution in [-0.4, -0.2) is 22.8 Å². The van der Waals surface area contributed by atoms with E-state index in [2.05, 4.69) is 10.4 Å². The van der Waals surface area contributed by atoms with E-state index in [0.717, 1.165) is 11.4 Å². The van der Waals surface area contributed by atoms with Gasteiger partial charge >= 0.3 is 0 Å². The summed E-state index contributed by atoms with van der Waals surface area (Å²) >= 11 is 0. The van der Waals surface area contributed by atoms with Crippen LogP contribution in [0.2, 0.25) is 0 Å². The molecule has 3 aromatic rings. The highest BCUT2D eigenvalue weighted by molar-refractivity contribution is 5.91. The third-order valence-corrected chi connectivity index (χ3v) is 3.90. The molecule has 0 atom stereocenters. The largest absolute Gasteiger partial charge is 0.497 e. The maximum absolute atomic E-state index is 12.2. The number of carbonyl (C=O) groups excluding carboxylic acids is 1. The van der Waals surface area contributed by atoms with Gasteiger partial charge in [0.05, 0.1) is 19.3 Å². The number of rotatable bonds is 7. The van der Waals surface area contributed by atoms with E-state index in [1.54, 1.807) is 30.0 Å². The number of aromatic nitrogens is 2. The fourth-order valence-corrected chi connectivity index (χ4v) is 2.40. The predicted molar refractivity (Wildman–Crippen MR) is 95.1 cm³/mol. The lowest BCUT2D eigenvalue weighted by atomic mass is 10.3. The summed E-state index contributed by atoms with van der Waals surface area (Å²) in [7, 11) is 3.46. The molecule has 3 rings (SSSR count). The van der Waals surface area contributed by atoms with Crippen molar-refractivity contribution >= 4 is 5.91 Å². The lowest BCUT2D eigenvalue weighted by Gasteiger charge is -2.06. The maximum atomic E-state index is 12.2. The van der Waals surface area contributed by atoms with E-state index in [1.807, 2.05) is 38.2 Å². The van der Waals surface area contributed by atoms with Gasteiger partial charge in [0.15, 0.2) is 5.76 Å². The van der Waals surface area contributed by atoms with Crippen molar-refractivity contribution in [2.45, 2.75) is 20.1 Å². The molecule has 7 nitrogen and oxygen atoms in total. The van der Waals surface area contributed by atoms with Crippen LogP contribution in [0.4, 0.5) is 0 Å². The van der Waals surface area contributed by atoms with Gasteiger partial charge in [-0.2, -0.15) is 5.10 Å². The molecular formula is C19H21N3O4. The Morgan fingerprint density at radius 3 is 2.77 bits per heavy atom. The van der Waals surface area contributed by atoms with Gasteiger partial charge < -0.3 is 19.2 Å². The molecule has 0 aliphatic rings. The first kappa shape index (κ1) is 17.6. The Bertz CT molecular complexity index is 878. The van der Waals surface area contributed by atoms with Crippen molar-refractivity contribution in [1.29, 1.82) is 0 Å². The number of benzene rings is 1. The highest BCUT2D eigenvalue weighted by Gasteiger charge is 2.12. The minimum atomic E-state index is -0.291. The van der Waals surface area contributed by atoms with Crippen molar-refractivity contribution in [3.63, 3.8) is 0 Å². The van der Waals surface area contributed by atoms with Crippen LogP contribution in [-0.2, 0) is 20.2 Å². The summed E-state index contributed by atoms with van der Waals surface area (Å²) in [6.45, 7) is 2.52. The Morgan fingerprint density at radius 1 is 1.23 bits per heavy atom. The Balaban J connectivity index is 1.54. The summed E-state index contributed by atoms with van der Waals surface area (Å²) in [5.74, 6) is 1.89. The number of nitrogens with one attached hydrogen (secondary N) is 1. The van der Waals surface area contributed by atoms with E-state index in [9.17, 15) is 4.79 Å². The van der Waals surface area contributed by atoms with Crippen molar-refractivity contribution < 1.29 is 18.7 Å². The minimum Gasteiger partial charge on any atom is -0.497 e. The number of methoxy groups -OCH3 is 1. The standard InChI is InChI=1S/C19H21N3O4/c1-13-9-14(21-22(13)2)11-20-19(23)18-8-7-17(26-18)12-25-16-6-4-5-15(10-16)24-3/h4-10H,11-12H2,1-3H3,(H,20,23). The Hall–Kier alpha value is -3.22. The number of hydrogen-bond acceptors (Lipinski definition) is 5. The van der Waals surface area contributed by atoms with Crippen LogP contribution in [0.3, 0.4) is 0 Å². The molecule has 0 spiro atoms. The number of hydrogen-bond donors (Lipinski definition) is 1. The molecule has 0 bridgehead atoms. The van der Waals surface area contributed by atoms with Gasteiger partial charge in [0, 0.05) is 18.8 Å². The van der Waals surface area contributed by atoms with Crippen molar-refractivity contribution in [3.8, 4) is 11.5 Å². The van der Waals surface area contributed by atoms with Gasteiger partial charge in [-0.25, -0.2) is 0 Å². The lowest BCUT2D eigenvalue weighted by molar-refractivity contribution is 0.0918. The molecule has 0 fully saturated rings. The van der Waals surface area contributed by atoms with Gasteiger partial charge in [-0.15, -0.1) is 0 Å². The third-order valence-electron chi connectivity index (χ3n) is 3.90. The molecule has 0 saturated carbocycles. The van der Waals surface area contributed by atoms with Gasteiger partial charge in [0.25, 0.3) is 5.91 Å². The average Bonchev–Trinajstić information content (AvgIpc) is 3.25. The van der Waals surface area contributed by atoms with Gasteiger partial charge in [-0.3, -0.25) is 9.48 Å². The van der Waals surface area contributed by atoms with Crippen LogP contribution in [0.25, 0.3) is 0 Å². The smallest absolute Gasteiger partial charge is 0.287 e. The highest BCUT2D eigenvalue weighted by Crippen LogP contribution is 2.20. The summed E-state index contributed by atoms with van der Waals surface area (Å²) < 4.78 is 18.1. The summed E-state index contributed by atoms with van der Waals surface area (Å²) in [5.41, 5.74) is 1.83. The first-order valence-electron chi connectivity index (χ1n) is 8.18. The molecule has 0 aliphatic carbocycles. The van der Waals surface area contributed by atoms with E-state index in [4.69, 9.17) is 13.9 Å². The van der Waals surface area contributed by atoms with Crippen molar-refractivity contribution in [3.05, 3.63) is 65.4 Å². The molecule has 0 saturated heterocycles. The monoisotopic (exact) mass is 355 g/mol. The normalized spacial score (nSPS) is 10.6. The van der Waals surface area contributed by atoms with Crippen LogP contribution >= 0.6 is 0 Å².